The van der Waals surface area contributed by atoms with Crippen LogP contribution in [0.4, 0.5) is 5.69 Å². The van der Waals surface area contributed by atoms with Crippen LogP contribution in [-0.4, -0.2) is 19.0 Å². The molecule has 6 heteroatoms. The normalized spacial score (nSPS) is 10.3. The van der Waals surface area contributed by atoms with E-state index in [1.807, 2.05) is 24.3 Å². The Morgan fingerprint density at radius 2 is 1.59 bits per heavy atom. The Hall–Kier alpha value is -1.42. The lowest BCUT2D eigenvalue weighted by Gasteiger charge is -2.10. The van der Waals surface area contributed by atoms with Crippen molar-refractivity contribution in [2.24, 2.45) is 0 Å². The molecule has 1 amide bonds. The van der Waals surface area contributed by atoms with E-state index >= 15 is 0 Å². The van der Waals surface area contributed by atoms with Crippen molar-refractivity contribution < 1.29 is 4.79 Å². The fourth-order valence-corrected chi connectivity index (χ4v) is 2.55. The van der Waals surface area contributed by atoms with Crippen LogP contribution in [0.1, 0.15) is 5.56 Å². The maximum Gasteiger partial charge on any atom is 0.239 e. The first-order valence-electron chi connectivity index (χ1n) is 6.75. The monoisotopic (exact) mass is 356 g/mol. The number of para-hydroxylation sites is 1. The SMILES string of the molecule is O=C(CNc1c(Cl)cccc1Cl)NCCc1ccc(Cl)cc1. The molecule has 0 aliphatic heterocycles. The molecule has 116 valence electrons. The van der Waals surface area contributed by atoms with Gasteiger partial charge in [0.05, 0.1) is 22.3 Å². The average Bonchev–Trinajstić information content (AvgIpc) is 2.49. The van der Waals surface area contributed by atoms with Gasteiger partial charge >= 0.3 is 0 Å². The molecule has 0 aromatic heterocycles. The molecule has 3 nitrogen and oxygen atoms in total. The van der Waals surface area contributed by atoms with E-state index in [4.69, 9.17) is 34.8 Å². The van der Waals surface area contributed by atoms with Crippen molar-refractivity contribution in [3.63, 3.8) is 0 Å². The van der Waals surface area contributed by atoms with Crippen molar-refractivity contribution in [2.45, 2.75) is 6.42 Å². The first-order chi connectivity index (χ1) is 10.6. The van der Waals surface area contributed by atoms with Crippen molar-refractivity contribution in [1.82, 2.24) is 5.32 Å². The van der Waals surface area contributed by atoms with Gasteiger partial charge in [0.2, 0.25) is 5.91 Å². The Kier molecular flexibility index (Phi) is 6.37. The molecule has 0 aliphatic carbocycles. The largest absolute Gasteiger partial charge is 0.374 e. The molecule has 2 N–H and O–H groups in total. The molecule has 2 aromatic carbocycles. The number of rotatable bonds is 6. The maximum atomic E-state index is 11.8. The number of hydrogen-bond acceptors (Lipinski definition) is 2. The van der Waals surface area contributed by atoms with Crippen LogP contribution in [0.15, 0.2) is 42.5 Å². The second-order valence-electron chi connectivity index (χ2n) is 4.68. The second kappa shape index (κ2) is 8.28. The Labute approximate surface area is 144 Å². The molecule has 2 rings (SSSR count). The Morgan fingerprint density at radius 1 is 0.955 bits per heavy atom. The van der Waals surface area contributed by atoms with Crippen molar-refractivity contribution in [3.8, 4) is 0 Å². The van der Waals surface area contributed by atoms with Crippen LogP contribution in [-0.2, 0) is 11.2 Å². The van der Waals surface area contributed by atoms with Crippen LogP contribution in [0, 0.1) is 0 Å². The number of hydrogen-bond donors (Lipinski definition) is 2. The molecule has 0 bridgehead atoms. The van der Waals surface area contributed by atoms with E-state index in [0.29, 0.717) is 27.3 Å². The second-order valence-corrected chi connectivity index (χ2v) is 5.93. The van der Waals surface area contributed by atoms with Gasteiger partial charge in [-0.2, -0.15) is 0 Å². The highest BCUT2D eigenvalue weighted by Crippen LogP contribution is 2.29. The summed E-state index contributed by atoms with van der Waals surface area (Å²) in [6, 6.07) is 12.7. The molecular formula is C16H15Cl3N2O. The van der Waals surface area contributed by atoms with Gasteiger partial charge in [-0.3, -0.25) is 4.79 Å². The van der Waals surface area contributed by atoms with Gasteiger partial charge in [0, 0.05) is 11.6 Å². The topological polar surface area (TPSA) is 41.1 Å². The smallest absolute Gasteiger partial charge is 0.239 e. The minimum absolute atomic E-state index is 0.115. The molecule has 0 atom stereocenters. The lowest BCUT2D eigenvalue weighted by Crippen LogP contribution is -2.31. The zero-order valence-electron chi connectivity index (χ0n) is 11.7. The Bertz CT molecular complexity index is 624. The number of nitrogens with one attached hydrogen (secondary N) is 2. The van der Waals surface area contributed by atoms with Gasteiger partial charge in [-0.15, -0.1) is 0 Å². The predicted octanol–water partition coefficient (Wildman–Crippen LogP) is 4.42. The summed E-state index contributed by atoms with van der Waals surface area (Å²) in [6.07, 6.45) is 0.746. The number of halogens is 3. The van der Waals surface area contributed by atoms with E-state index in [0.717, 1.165) is 12.0 Å². The van der Waals surface area contributed by atoms with E-state index in [1.54, 1.807) is 18.2 Å². The lowest BCUT2D eigenvalue weighted by atomic mass is 10.1. The number of benzene rings is 2. The van der Waals surface area contributed by atoms with E-state index < -0.39 is 0 Å². The van der Waals surface area contributed by atoms with E-state index in [1.165, 1.54) is 0 Å². The fourth-order valence-electron chi connectivity index (χ4n) is 1.90. The minimum Gasteiger partial charge on any atom is -0.374 e. The van der Waals surface area contributed by atoms with Crippen molar-refractivity contribution in [3.05, 3.63) is 63.1 Å². The molecule has 0 heterocycles. The van der Waals surface area contributed by atoms with Crippen LogP contribution in [0.25, 0.3) is 0 Å². The molecule has 0 aliphatic rings. The highest BCUT2D eigenvalue weighted by molar-refractivity contribution is 6.39. The quantitative estimate of drug-likeness (QED) is 0.803. The summed E-state index contributed by atoms with van der Waals surface area (Å²) in [7, 11) is 0. The van der Waals surface area contributed by atoms with E-state index in [2.05, 4.69) is 10.6 Å². The van der Waals surface area contributed by atoms with Crippen molar-refractivity contribution >= 4 is 46.4 Å². The third kappa shape index (κ3) is 5.09. The van der Waals surface area contributed by atoms with Crippen molar-refractivity contribution in [1.29, 1.82) is 0 Å². The fraction of sp³-hybridized carbons (Fsp3) is 0.188. The van der Waals surface area contributed by atoms with Gasteiger partial charge in [0.25, 0.3) is 0 Å². The van der Waals surface area contributed by atoms with Gasteiger partial charge in [-0.05, 0) is 36.2 Å². The number of carbonyl (C=O) groups is 1. The predicted molar refractivity (Wildman–Crippen MR) is 93.1 cm³/mol. The molecule has 2 aromatic rings. The summed E-state index contributed by atoms with van der Waals surface area (Å²) >= 11 is 17.9. The van der Waals surface area contributed by atoms with Crippen LogP contribution in [0.5, 0.6) is 0 Å². The van der Waals surface area contributed by atoms with Gasteiger partial charge < -0.3 is 10.6 Å². The zero-order chi connectivity index (χ0) is 15.9. The summed E-state index contributed by atoms with van der Waals surface area (Å²) in [5, 5.41) is 7.46. The van der Waals surface area contributed by atoms with Crippen LogP contribution in [0.2, 0.25) is 15.1 Å². The summed E-state index contributed by atoms with van der Waals surface area (Å²) in [4.78, 5) is 11.8. The summed E-state index contributed by atoms with van der Waals surface area (Å²) in [5.41, 5.74) is 1.69. The van der Waals surface area contributed by atoms with Gasteiger partial charge in [0.15, 0.2) is 0 Å². The molecule has 0 unspecified atom stereocenters. The summed E-state index contributed by atoms with van der Waals surface area (Å²) in [6.45, 7) is 0.669. The molecule has 0 saturated carbocycles. The van der Waals surface area contributed by atoms with Crippen LogP contribution in [0.3, 0.4) is 0 Å². The average molecular weight is 358 g/mol. The summed E-state index contributed by atoms with van der Waals surface area (Å²) < 4.78 is 0. The molecule has 0 fully saturated rings. The van der Waals surface area contributed by atoms with Crippen LogP contribution < -0.4 is 10.6 Å². The highest BCUT2D eigenvalue weighted by atomic mass is 35.5. The van der Waals surface area contributed by atoms with Gasteiger partial charge in [0.1, 0.15) is 0 Å². The Balaban J connectivity index is 1.75. The van der Waals surface area contributed by atoms with Crippen molar-refractivity contribution in [2.75, 3.05) is 18.4 Å². The lowest BCUT2D eigenvalue weighted by molar-refractivity contribution is -0.119. The van der Waals surface area contributed by atoms with E-state index in [9.17, 15) is 4.79 Å². The van der Waals surface area contributed by atoms with E-state index in [-0.39, 0.29) is 12.5 Å². The highest BCUT2D eigenvalue weighted by Gasteiger charge is 2.07. The van der Waals surface area contributed by atoms with Crippen LogP contribution >= 0.6 is 34.8 Å². The molecule has 22 heavy (non-hydrogen) atoms. The molecule has 0 saturated heterocycles. The molecular weight excluding hydrogens is 343 g/mol. The first-order valence-corrected chi connectivity index (χ1v) is 7.88. The number of carbonyl (C=O) groups excluding carboxylic acids is 1. The zero-order valence-corrected chi connectivity index (χ0v) is 14.0. The first kappa shape index (κ1) is 16.9. The minimum atomic E-state index is -0.120. The molecule has 0 radical (unpaired) electrons. The standard InChI is InChI=1S/C16H15Cl3N2O/c17-12-6-4-11(5-7-12)8-9-20-15(22)10-21-16-13(18)2-1-3-14(16)19/h1-7,21H,8-10H2,(H,20,22). The van der Waals surface area contributed by atoms with Gasteiger partial charge in [-0.1, -0.05) is 53.0 Å². The third-order valence-corrected chi connectivity index (χ3v) is 3.92. The van der Waals surface area contributed by atoms with Gasteiger partial charge in [-0.25, -0.2) is 0 Å². The number of anilines is 1. The Morgan fingerprint density at radius 3 is 2.23 bits per heavy atom. The summed E-state index contributed by atoms with van der Waals surface area (Å²) in [5.74, 6) is -0.120. The number of amides is 1. The maximum absolute atomic E-state index is 11.8. The third-order valence-electron chi connectivity index (χ3n) is 3.04. The molecule has 0 spiro atoms.